The number of ether oxygens (including phenoxy) is 1. The second kappa shape index (κ2) is 3.80. The van der Waals surface area contributed by atoms with Gasteiger partial charge in [0, 0.05) is 5.92 Å². The van der Waals surface area contributed by atoms with Crippen LogP contribution in [0.25, 0.3) is 0 Å². The lowest BCUT2D eigenvalue weighted by Crippen LogP contribution is -2.32. The Balaban J connectivity index is 0.000000404. The lowest BCUT2D eigenvalue weighted by molar-refractivity contribution is -0.143. The van der Waals surface area contributed by atoms with Crippen molar-refractivity contribution in [3.05, 3.63) is 0 Å². The normalized spacial score (nSPS) is 50.8. The third-order valence-electron chi connectivity index (χ3n) is 4.89. The molecule has 2 saturated carbocycles. The Labute approximate surface area is 92.4 Å². The highest BCUT2D eigenvalue weighted by Crippen LogP contribution is 2.60. The van der Waals surface area contributed by atoms with Crippen LogP contribution < -0.4 is 0 Å². The summed E-state index contributed by atoms with van der Waals surface area (Å²) in [6.07, 6.45) is 1.28. The van der Waals surface area contributed by atoms with Crippen molar-refractivity contribution in [2.45, 2.75) is 34.1 Å². The van der Waals surface area contributed by atoms with E-state index in [0.717, 1.165) is 17.8 Å². The summed E-state index contributed by atoms with van der Waals surface area (Å²) < 4.78 is 5.16. The Kier molecular flexibility index (Phi) is 2.78. The second-order valence-corrected chi connectivity index (χ2v) is 5.10. The predicted octanol–water partition coefficient (Wildman–Crippen LogP) is 2.72. The van der Waals surface area contributed by atoms with Gasteiger partial charge in [0.25, 0.3) is 0 Å². The molecule has 0 amide bonds. The van der Waals surface area contributed by atoms with E-state index >= 15 is 0 Å². The molecule has 2 bridgehead atoms. The molecule has 1 heterocycles. The number of fused-ring (bicyclic) bond motifs is 5. The van der Waals surface area contributed by atoms with Gasteiger partial charge in [-0.15, -0.1) is 0 Å². The minimum absolute atomic E-state index is 0.0938. The molecule has 3 aliphatic rings. The molecular formula is C13H22O2. The van der Waals surface area contributed by atoms with Gasteiger partial charge in [-0.2, -0.15) is 0 Å². The van der Waals surface area contributed by atoms with Gasteiger partial charge in [-0.1, -0.05) is 27.7 Å². The minimum atomic E-state index is 0.0938. The standard InChI is InChI=1S/C11H16O2.C2H6/c1-5-6(2)8-3-7(5)9-4-13-11(12)10(8)9;1-2/h5-10H,3-4H2,1-2H3;1-2H3. The van der Waals surface area contributed by atoms with Gasteiger partial charge in [0.1, 0.15) is 0 Å². The summed E-state index contributed by atoms with van der Waals surface area (Å²) in [7, 11) is 0. The highest BCUT2D eigenvalue weighted by atomic mass is 16.5. The largest absolute Gasteiger partial charge is 0.465 e. The Morgan fingerprint density at radius 2 is 1.67 bits per heavy atom. The third kappa shape index (κ3) is 1.33. The van der Waals surface area contributed by atoms with E-state index in [0.29, 0.717) is 18.4 Å². The molecular weight excluding hydrogens is 188 g/mol. The van der Waals surface area contributed by atoms with Gasteiger partial charge in [-0.3, -0.25) is 4.79 Å². The van der Waals surface area contributed by atoms with Gasteiger partial charge in [-0.25, -0.2) is 0 Å². The molecule has 0 N–H and O–H groups in total. The lowest BCUT2D eigenvalue weighted by atomic mass is 9.71. The number of carbonyl (C=O) groups excluding carboxylic acids is 1. The zero-order valence-corrected chi connectivity index (χ0v) is 10.2. The zero-order valence-electron chi connectivity index (χ0n) is 10.2. The van der Waals surface area contributed by atoms with Gasteiger partial charge in [0.2, 0.25) is 0 Å². The van der Waals surface area contributed by atoms with E-state index in [2.05, 4.69) is 13.8 Å². The number of hydrogen-bond donors (Lipinski definition) is 0. The molecule has 0 aromatic rings. The molecule has 86 valence electrons. The maximum Gasteiger partial charge on any atom is 0.309 e. The molecule has 2 heteroatoms. The number of cyclic esters (lactones) is 1. The maximum atomic E-state index is 11.5. The maximum absolute atomic E-state index is 11.5. The molecule has 0 aromatic heterocycles. The molecule has 2 aliphatic carbocycles. The van der Waals surface area contributed by atoms with Crippen LogP contribution in [0.5, 0.6) is 0 Å². The first-order chi connectivity index (χ1) is 7.20. The van der Waals surface area contributed by atoms with Crippen LogP contribution in [0, 0.1) is 35.5 Å². The van der Waals surface area contributed by atoms with E-state index in [1.165, 1.54) is 6.42 Å². The first kappa shape index (κ1) is 11.0. The first-order valence-corrected chi connectivity index (χ1v) is 6.37. The number of esters is 1. The van der Waals surface area contributed by atoms with Gasteiger partial charge in [-0.05, 0) is 30.1 Å². The average molecular weight is 210 g/mol. The predicted molar refractivity (Wildman–Crippen MR) is 59.2 cm³/mol. The molecule has 0 aromatic carbocycles. The summed E-state index contributed by atoms with van der Waals surface area (Å²) >= 11 is 0. The number of rotatable bonds is 0. The zero-order chi connectivity index (χ0) is 11.2. The molecule has 0 radical (unpaired) electrons. The van der Waals surface area contributed by atoms with E-state index in [1.807, 2.05) is 13.8 Å². The summed E-state index contributed by atoms with van der Waals surface area (Å²) in [5, 5.41) is 0. The number of hydrogen-bond acceptors (Lipinski definition) is 2. The van der Waals surface area contributed by atoms with E-state index in [1.54, 1.807) is 0 Å². The summed E-state index contributed by atoms with van der Waals surface area (Å²) in [6.45, 7) is 9.35. The molecule has 0 spiro atoms. The molecule has 15 heavy (non-hydrogen) atoms. The molecule has 6 atom stereocenters. The van der Waals surface area contributed by atoms with Crippen LogP contribution in [0.2, 0.25) is 0 Å². The van der Waals surface area contributed by atoms with Gasteiger partial charge >= 0.3 is 5.97 Å². The molecule has 2 nitrogen and oxygen atoms in total. The number of carbonyl (C=O) groups is 1. The fourth-order valence-electron chi connectivity index (χ4n) is 4.00. The van der Waals surface area contributed by atoms with E-state index in [-0.39, 0.29) is 11.9 Å². The Morgan fingerprint density at radius 1 is 1.07 bits per heavy atom. The summed E-state index contributed by atoms with van der Waals surface area (Å²) in [5.41, 5.74) is 0. The summed E-state index contributed by atoms with van der Waals surface area (Å²) in [4.78, 5) is 11.5. The van der Waals surface area contributed by atoms with E-state index < -0.39 is 0 Å². The van der Waals surface area contributed by atoms with Crippen molar-refractivity contribution in [2.75, 3.05) is 6.61 Å². The molecule has 3 fully saturated rings. The van der Waals surface area contributed by atoms with Crippen molar-refractivity contribution in [3.63, 3.8) is 0 Å². The first-order valence-electron chi connectivity index (χ1n) is 6.37. The van der Waals surface area contributed by atoms with E-state index in [4.69, 9.17) is 4.74 Å². The van der Waals surface area contributed by atoms with Gasteiger partial charge in [0.15, 0.2) is 0 Å². The van der Waals surface area contributed by atoms with Crippen LogP contribution in [-0.2, 0) is 9.53 Å². The lowest BCUT2D eigenvalue weighted by Gasteiger charge is -2.31. The topological polar surface area (TPSA) is 26.3 Å². The van der Waals surface area contributed by atoms with Crippen molar-refractivity contribution in [1.29, 1.82) is 0 Å². The van der Waals surface area contributed by atoms with Crippen molar-refractivity contribution in [3.8, 4) is 0 Å². The van der Waals surface area contributed by atoms with Crippen molar-refractivity contribution in [2.24, 2.45) is 35.5 Å². The SMILES string of the molecule is CC.CC1C(C)C2CC1C1COC(=O)C21. The van der Waals surface area contributed by atoms with Crippen LogP contribution in [0.15, 0.2) is 0 Å². The molecule has 3 rings (SSSR count). The third-order valence-corrected chi connectivity index (χ3v) is 4.89. The smallest absolute Gasteiger partial charge is 0.309 e. The van der Waals surface area contributed by atoms with Crippen molar-refractivity contribution in [1.82, 2.24) is 0 Å². The summed E-state index contributed by atoms with van der Waals surface area (Å²) in [6, 6.07) is 0. The Bertz CT molecular complexity index is 261. The monoisotopic (exact) mass is 210 g/mol. The van der Waals surface area contributed by atoms with Crippen LogP contribution in [0.1, 0.15) is 34.1 Å². The highest BCUT2D eigenvalue weighted by Gasteiger charge is 2.60. The fraction of sp³-hybridized carbons (Fsp3) is 0.923. The minimum Gasteiger partial charge on any atom is -0.465 e. The average Bonchev–Trinajstić information content (AvgIpc) is 2.87. The quantitative estimate of drug-likeness (QED) is 0.575. The van der Waals surface area contributed by atoms with E-state index in [9.17, 15) is 4.79 Å². The molecule has 6 unspecified atom stereocenters. The van der Waals surface area contributed by atoms with Crippen molar-refractivity contribution >= 4 is 5.97 Å². The fourth-order valence-corrected chi connectivity index (χ4v) is 4.00. The second-order valence-electron chi connectivity index (χ2n) is 5.10. The molecule has 1 aliphatic heterocycles. The van der Waals surface area contributed by atoms with Crippen molar-refractivity contribution < 1.29 is 9.53 Å². The summed E-state index contributed by atoms with van der Waals surface area (Å²) in [5.74, 6) is 3.89. The van der Waals surface area contributed by atoms with Gasteiger partial charge in [0.05, 0.1) is 12.5 Å². The van der Waals surface area contributed by atoms with Crippen LogP contribution in [0.3, 0.4) is 0 Å². The highest BCUT2D eigenvalue weighted by molar-refractivity contribution is 5.76. The van der Waals surface area contributed by atoms with Crippen LogP contribution in [0.4, 0.5) is 0 Å². The Morgan fingerprint density at radius 3 is 2.33 bits per heavy atom. The molecule has 1 saturated heterocycles. The van der Waals surface area contributed by atoms with Crippen LogP contribution in [-0.4, -0.2) is 12.6 Å². The van der Waals surface area contributed by atoms with Crippen LogP contribution >= 0.6 is 0 Å². The Hall–Kier alpha value is -0.530. The van der Waals surface area contributed by atoms with Gasteiger partial charge < -0.3 is 4.74 Å².